The summed E-state index contributed by atoms with van der Waals surface area (Å²) in [6.07, 6.45) is 2.97. The molecule has 1 heterocycles. The Balaban J connectivity index is 1.49. The highest BCUT2D eigenvalue weighted by Crippen LogP contribution is 2.45. The van der Waals surface area contributed by atoms with Crippen LogP contribution in [-0.2, 0) is 20.4 Å². The Kier molecular flexibility index (Phi) is 6.08. The van der Waals surface area contributed by atoms with Crippen molar-refractivity contribution >= 4 is 11.9 Å². The van der Waals surface area contributed by atoms with Crippen LogP contribution in [0.15, 0.2) is 54.6 Å². The fourth-order valence-electron chi connectivity index (χ4n) is 5.96. The molecule has 2 atom stereocenters. The predicted molar refractivity (Wildman–Crippen MR) is 119 cm³/mol. The molecule has 0 bridgehead atoms. The Morgan fingerprint density at radius 3 is 2.06 bits per heavy atom. The molecule has 1 aliphatic heterocycles. The molecule has 0 amide bonds. The summed E-state index contributed by atoms with van der Waals surface area (Å²) in [4.78, 5) is 27.0. The van der Waals surface area contributed by atoms with Gasteiger partial charge in [0.25, 0.3) is 0 Å². The number of rotatable bonds is 5. The smallest absolute Gasteiger partial charge is 0.314 e. The number of hydrogen-bond donors (Lipinski definition) is 2. The molecule has 170 valence electrons. The van der Waals surface area contributed by atoms with Crippen LogP contribution in [0.1, 0.15) is 50.2 Å². The molecule has 0 aromatic heterocycles. The lowest BCUT2D eigenvalue weighted by molar-refractivity contribution is -0.150. The Labute approximate surface area is 187 Å². The number of nitrogens with zero attached hydrogens (tertiary/aromatic N) is 1. The van der Waals surface area contributed by atoms with Gasteiger partial charge in [0, 0.05) is 12.6 Å². The van der Waals surface area contributed by atoms with Gasteiger partial charge in [-0.05, 0) is 67.8 Å². The van der Waals surface area contributed by atoms with E-state index in [0.717, 1.165) is 18.4 Å². The standard InChI is InChI=1S/C26H30FNO4/c1-18-17-28(16-15-26(18,24(31)32)20-5-3-2-4-6-20)22-11-13-25(14-12-22,23(29)30)19-7-9-21(27)10-8-19/h2-10,18,22H,11-17H2,1H3,(H,29,30)(H,31,32)/t18-,22?,25?,26+/m0/s1. The normalized spacial score (nSPS) is 31.2. The van der Waals surface area contributed by atoms with Gasteiger partial charge in [0.15, 0.2) is 0 Å². The van der Waals surface area contributed by atoms with Gasteiger partial charge in [-0.25, -0.2) is 4.39 Å². The fraction of sp³-hybridized carbons (Fsp3) is 0.462. The first-order chi connectivity index (χ1) is 15.3. The van der Waals surface area contributed by atoms with Crippen LogP contribution < -0.4 is 0 Å². The number of halogens is 1. The van der Waals surface area contributed by atoms with Crippen molar-refractivity contribution in [3.8, 4) is 0 Å². The maximum Gasteiger partial charge on any atom is 0.314 e. The molecule has 6 heteroatoms. The minimum Gasteiger partial charge on any atom is -0.481 e. The Morgan fingerprint density at radius 1 is 0.906 bits per heavy atom. The summed E-state index contributed by atoms with van der Waals surface area (Å²) < 4.78 is 13.4. The van der Waals surface area contributed by atoms with Gasteiger partial charge in [-0.2, -0.15) is 0 Å². The van der Waals surface area contributed by atoms with Gasteiger partial charge in [-0.15, -0.1) is 0 Å². The van der Waals surface area contributed by atoms with E-state index >= 15 is 0 Å². The summed E-state index contributed by atoms with van der Waals surface area (Å²) in [5.74, 6) is -2.07. The van der Waals surface area contributed by atoms with Crippen molar-refractivity contribution in [2.24, 2.45) is 5.92 Å². The quantitative estimate of drug-likeness (QED) is 0.720. The van der Waals surface area contributed by atoms with E-state index in [0.29, 0.717) is 37.9 Å². The van der Waals surface area contributed by atoms with Crippen LogP contribution in [0.3, 0.4) is 0 Å². The number of carboxylic acids is 2. The Bertz CT molecular complexity index is 969. The van der Waals surface area contributed by atoms with E-state index in [2.05, 4.69) is 4.90 Å². The van der Waals surface area contributed by atoms with Crippen LogP contribution in [0, 0.1) is 11.7 Å². The average Bonchev–Trinajstić information content (AvgIpc) is 2.80. The fourth-order valence-corrected chi connectivity index (χ4v) is 5.96. The van der Waals surface area contributed by atoms with E-state index in [1.165, 1.54) is 12.1 Å². The molecule has 2 aromatic rings. The first kappa shape index (κ1) is 22.5. The molecule has 1 aliphatic carbocycles. The number of hydrogen-bond acceptors (Lipinski definition) is 3. The molecule has 4 rings (SSSR count). The van der Waals surface area contributed by atoms with Crippen molar-refractivity contribution < 1.29 is 24.2 Å². The first-order valence-electron chi connectivity index (χ1n) is 11.3. The van der Waals surface area contributed by atoms with Crippen LogP contribution in [0.4, 0.5) is 4.39 Å². The predicted octanol–water partition coefficient (Wildman–Crippen LogP) is 4.46. The third kappa shape index (κ3) is 3.71. The van der Waals surface area contributed by atoms with Crippen molar-refractivity contribution in [2.75, 3.05) is 13.1 Å². The lowest BCUT2D eigenvalue weighted by Crippen LogP contribution is -2.56. The van der Waals surface area contributed by atoms with E-state index in [1.807, 2.05) is 37.3 Å². The number of benzene rings is 2. The molecule has 1 saturated heterocycles. The summed E-state index contributed by atoms with van der Waals surface area (Å²) in [5, 5.41) is 20.2. The van der Waals surface area contributed by atoms with Gasteiger partial charge in [0.1, 0.15) is 5.82 Å². The van der Waals surface area contributed by atoms with E-state index < -0.39 is 22.8 Å². The van der Waals surface area contributed by atoms with Gasteiger partial charge in [-0.3, -0.25) is 9.59 Å². The van der Waals surface area contributed by atoms with E-state index in [9.17, 15) is 24.2 Å². The van der Waals surface area contributed by atoms with Crippen molar-refractivity contribution in [1.82, 2.24) is 4.90 Å². The molecule has 1 saturated carbocycles. The molecular weight excluding hydrogens is 409 g/mol. The number of likely N-dealkylation sites (tertiary alicyclic amines) is 1. The van der Waals surface area contributed by atoms with E-state index in [-0.39, 0.29) is 17.8 Å². The van der Waals surface area contributed by atoms with Gasteiger partial charge in [0.2, 0.25) is 0 Å². The van der Waals surface area contributed by atoms with Gasteiger partial charge >= 0.3 is 11.9 Å². The second kappa shape index (κ2) is 8.66. The van der Waals surface area contributed by atoms with Gasteiger partial charge < -0.3 is 15.1 Å². The van der Waals surface area contributed by atoms with Crippen molar-refractivity contribution in [3.05, 3.63) is 71.5 Å². The minimum atomic E-state index is -0.986. The largest absolute Gasteiger partial charge is 0.481 e. The summed E-state index contributed by atoms with van der Waals surface area (Å²) >= 11 is 0. The van der Waals surface area contributed by atoms with Crippen molar-refractivity contribution in [2.45, 2.75) is 55.9 Å². The highest BCUT2D eigenvalue weighted by Gasteiger charge is 2.50. The Hall–Kier alpha value is -2.73. The summed E-state index contributed by atoms with van der Waals surface area (Å²) in [6.45, 7) is 3.35. The van der Waals surface area contributed by atoms with E-state index in [1.54, 1.807) is 12.1 Å². The zero-order valence-electron chi connectivity index (χ0n) is 18.3. The number of piperidine rings is 1. The van der Waals surface area contributed by atoms with Crippen LogP contribution in [0.25, 0.3) is 0 Å². The maximum absolute atomic E-state index is 13.4. The van der Waals surface area contributed by atoms with E-state index in [4.69, 9.17) is 0 Å². The molecule has 5 nitrogen and oxygen atoms in total. The lowest BCUT2D eigenvalue weighted by Gasteiger charge is -2.49. The van der Waals surface area contributed by atoms with Crippen LogP contribution in [0.5, 0.6) is 0 Å². The summed E-state index contributed by atoms with van der Waals surface area (Å²) in [7, 11) is 0. The van der Waals surface area contributed by atoms with Crippen LogP contribution in [-0.4, -0.2) is 46.2 Å². The molecule has 2 aliphatic rings. The molecule has 2 N–H and O–H groups in total. The third-order valence-corrected chi connectivity index (χ3v) is 7.94. The zero-order chi connectivity index (χ0) is 22.9. The summed E-state index contributed by atoms with van der Waals surface area (Å²) in [6, 6.07) is 15.6. The summed E-state index contributed by atoms with van der Waals surface area (Å²) in [5.41, 5.74) is -0.374. The lowest BCUT2D eigenvalue weighted by atomic mass is 9.65. The topological polar surface area (TPSA) is 77.8 Å². The van der Waals surface area contributed by atoms with Crippen molar-refractivity contribution in [1.29, 1.82) is 0 Å². The Morgan fingerprint density at radius 2 is 1.53 bits per heavy atom. The molecule has 2 fully saturated rings. The monoisotopic (exact) mass is 439 g/mol. The molecule has 0 unspecified atom stereocenters. The average molecular weight is 440 g/mol. The first-order valence-corrected chi connectivity index (χ1v) is 11.3. The van der Waals surface area contributed by atoms with Crippen LogP contribution in [0.2, 0.25) is 0 Å². The second-order valence-corrected chi connectivity index (χ2v) is 9.41. The highest BCUT2D eigenvalue weighted by molar-refractivity contribution is 5.82. The van der Waals surface area contributed by atoms with Crippen LogP contribution >= 0.6 is 0 Å². The van der Waals surface area contributed by atoms with Gasteiger partial charge in [0.05, 0.1) is 10.8 Å². The molecule has 32 heavy (non-hydrogen) atoms. The molecular formula is C26H30FNO4. The molecule has 0 spiro atoms. The minimum absolute atomic E-state index is 0.0700. The number of carboxylic acid groups (broad SMARTS) is 2. The third-order valence-electron chi connectivity index (χ3n) is 7.94. The van der Waals surface area contributed by atoms with Crippen molar-refractivity contribution in [3.63, 3.8) is 0 Å². The zero-order valence-corrected chi connectivity index (χ0v) is 18.3. The molecule has 2 aromatic carbocycles. The SMILES string of the molecule is C[C@H]1CN(C2CCC(C(=O)O)(c3ccc(F)cc3)CC2)CC[C@]1(C(=O)O)c1ccccc1. The maximum atomic E-state index is 13.4. The molecule has 0 radical (unpaired) electrons. The van der Waals surface area contributed by atoms with Gasteiger partial charge in [-0.1, -0.05) is 49.4 Å². The number of aliphatic carboxylic acids is 2. The number of carbonyl (C=O) groups is 2. The highest BCUT2D eigenvalue weighted by atomic mass is 19.1. The second-order valence-electron chi connectivity index (χ2n) is 9.41.